The fourth-order valence-corrected chi connectivity index (χ4v) is 5.73. The Morgan fingerprint density at radius 1 is 1.07 bits per heavy atom. The van der Waals surface area contributed by atoms with Crippen molar-refractivity contribution < 1.29 is 30.7 Å². The van der Waals surface area contributed by atoms with Crippen molar-refractivity contribution in [3.05, 3.63) is 53.4 Å². The predicted molar refractivity (Wildman–Crippen MR) is 147 cm³/mol. The minimum Gasteiger partial charge on any atom is -0.492 e. The molecule has 2 aliphatic rings. The largest absolute Gasteiger partial charge is 0.492 e. The zero-order chi connectivity index (χ0) is 29.2. The molecular formula is C27H33F3N6O4S. The first-order valence-corrected chi connectivity index (χ1v) is 15.3. The third-order valence-electron chi connectivity index (χ3n) is 7.33. The lowest BCUT2D eigenvalue weighted by atomic mass is 10.1. The smallest absolute Gasteiger partial charge is 0.420 e. The zero-order valence-electron chi connectivity index (χ0n) is 22.9. The number of nitrogens with zero attached hydrogens (tertiary/aromatic N) is 5. The Morgan fingerprint density at radius 2 is 1.78 bits per heavy atom. The highest BCUT2D eigenvalue weighted by Gasteiger charge is 2.37. The van der Waals surface area contributed by atoms with Gasteiger partial charge in [0.15, 0.2) is 5.76 Å². The third-order valence-corrected chi connectivity index (χ3v) is 8.58. The molecule has 3 aromatic rings. The lowest BCUT2D eigenvalue weighted by Gasteiger charge is -2.33. The molecule has 10 nitrogen and oxygen atoms in total. The Balaban J connectivity index is 1.26. The van der Waals surface area contributed by atoms with Crippen LogP contribution in [0.4, 0.5) is 24.8 Å². The van der Waals surface area contributed by atoms with E-state index in [0.29, 0.717) is 35.6 Å². The molecule has 4 heterocycles. The van der Waals surface area contributed by atoms with Gasteiger partial charge >= 0.3 is 6.18 Å². The maximum atomic E-state index is 13.8. The number of fused-ring (bicyclic) bond motifs is 1. The third kappa shape index (κ3) is 7.18. The molecule has 2 aromatic heterocycles. The lowest BCUT2D eigenvalue weighted by Crippen LogP contribution is -2.47. The monoisotopic (exact) mass is 594 g/mol. The molecule has 2 aliphatic heterocycles. The van der Waals surface area contributed by atoms with Crippen LogP contribution in [-0.4, -0.2) is 91.2 Å². The number of likely N-dealkylation sites (N-methyl/N-ethyl adjacent to an activating group) is 1. The van der Waals surface area contributed by atoms with E-state index in [1.165, 1.54) is 10.4 Å². The summed E-state index contributed by atoms with van der Waals surface area (Å²) in [5.74, 6) is 0.990. The number of aromatic nitrogens is 2. The predicted octanol–water partition coefficient (Wildman–Crippen LogP) is 3.83. The van der Waals surface area contributed by atoms with Gasteiger partial charge in [-0.15, -0.1) is 0 Å². The molecule has 5 rings (SSSR count). The number of alkyl halides is 3. The second-order valence-corrected chi connectivity index (χ2v) is 12.1. The fourth-order valence-electron chi connectivity index (χ4n) is 4.93. The number of sulfonamides is 1. The number of hydrogen-bond acceptors (Lipinski definition) is 9. The van der Waals surface area contributed by atoms with Crippen LogP contribution in [-0.2, 0) is 29.2 Å². The first-order valence-electron chi connectivity index (χ1n) is 13.5. The van der Waals surface area contributed by atoms with Gasteiger partial charge in [-0.1, -0.05) is 6.92 Å². The molecule has 222 valence electrons. The Morgan fingerprint density at radius 3 is 2.44 bits per heavy atom. The number of nitrogens with one attached hydrogen (secondary N) is 1. The van der Waals surface area contributed by atoms with E-state index < -0.39 is 27.5 Å². The molecule has 1 N–H and O–H groups in total. The van der Waals surface area contributed by atoms with Crippen LogP contribution >= 0.6 is 0 Å². The molecular weight excluding hydrogens is 561 g/mol. The van der Waals surface area contributed by atoms with E-state index in [0.717, 1.165) is 45.5 Å². The molecule has 0 amide bonds. The van der Waals surface area contributed by atoms with Gasteiger partial charge in [-0.2, -0.15) is 17.5 Å². The van der Waals surface area contributed by atoms with Gasteiger partial charge in [0.05, 0.1) is 6.26 Å². The van der Waals surface area contributed by atoms with E-state index in [1.807, 2.05) is 0 Å². The summed E-state index contributed by atoms with van der Waals surface area (Å²) in [6.45, 7) is 9.02. The van der Waals surface area contributed by atoms with Crippen molar-refractivity contribution in [2.24, 2.45) is 0 Å². The molecule has 1 fully saturated rings. The van der Waals surface area contributed by atoms with E-state index >= 15 is 0 Å². The second kappa shape index (κ2) is 12.0. The first kappa shape index (κ1) is 29.3. The summed E-state index contributed by atoms with van der Waals surface area (Å²) in [6.07, 6.45) is -2.66. The molecule has 0 saturated carbocycles. The van der Waals surface area contributed by atoms with Crippen LogP contribution in [0, 0.1) is 0 Å². The molecule has 1 saturated heterocycles. The van der Waals surface area contributed by atoms with E-state index in [9.17, 15) is 21.6 Å². The van der Waals surface area contributed by atoms with Crippen molar-refractivity contribution in [2.45, 2.75) is 26.1 Å². The maximum absolute atomic E-state index is 13.8. The molecule has 0 radical (unpaired) electrons. The maximum Gasteiger partial charge on any atom is 0.420 e. The highest BCUT2D eigenvalue weighted by Crippen LogP contribution is 2.38. The van der Waals surface area contributed by atoms with Crippen LogP contribution in [0.5, 0.6) is 5.75 Å². The van der Waals surface area contributed by atoms with Crippen LogP contribution in [0.25, 0.3) is 11.5 Å². The summed E-state index contributed by atoms with van der Waals surface area (Å²) in [5, 5.41) is 2.94. The number of rotatable bonds is 9. The van der Waals surface area contributed by atoms with Crippen molar-refractivity contribution in [3.63, 3.8) is 0 Å². The van der Waals surface area contributed by atoms with Gasteiger partial charge < -0.3 is 19.4 Å². The highest BCUT2D eigenvalue weighted by molar-refractivity contribution is 7.88. The van der Waals surface area contributed by atoms with Crippen molar-refractivity contribution in [2.75, 3.05) is 64.0 Å². The second-order valence-electron chi connectivity index (χ2n) is 10.1. The van der Waals surface area contributed by atoms with Crippen molar-refractivity contribution in [3.8, 4) is 17.2 Å². The quantitative estimate of drug-likeness (QED) is 0.396. The Kier molecular flexibility index (Phi) is 8.55. The summed E-state index contributed by atoms with van der Waals surface area (Å²) in [5.41, 5.74) is -0.387. The normalized spacial score (nSPS) is 17.4. The zero-order valence-corrected chi connectivity index (χ0v) is 23.8. The van der Waals surface area contributed by atoms with Gasteiger partial charge in [0.25, 0.3) is 0 Å². The number of piperazine rings is 1. The molecule has 14 heteroatoms. The molecule has 41 heavy (non-hydrogen) atoms. The minimum atomic E-state index is -4.72. The van der Waals surface area contributed by atoms with Gasteiger partial charge in [0.1, 0.15) is 29.4 Å². The Hall–Kier alpha value is -3.20. The van der Waals surface area contributed by atoms with Crippen molar-refractivity contribution in [1.29, 1.82) is 0 Å². The Labute approximate surface area is 237 Å². The first-order chi connectivity index (χ1) is 19.5. The summed E-state index contributed by atoms with van der Waals surface area (Å²) in [4.78, 5) is 12.8. The van der Waals surface area contributed by atoms with E-state index in [-0.39, 0.29) is 31.2 Å². The standard InChI is InChI=1S/C27H33F3N6O4S/c1-3-34-10-12-35(13-11-34)14-15-39-21-6-4-20(5-7-21)32-26-31-17-22(27(28,29)30)25(33-26)24-16-19-18-36(41(2,37)38)9-8-23(19)40-24/h4-7,16-17H,3,8-15,18H2,1-2H3,(H,31,32,33). The highest BCUT2D eigenvalue weighted by atomic mass is 32.2. The number of hydrogen-bond donors (Lipinski definition) is 1. The van der Waals surface area contributed by atoms with Crippen LogP contribution in [0.2, 0.25) is 0 Å². The number of furan rings is 1. The molecule has 0 bridgehead atoms. The summed E-state index contributed by atoms with van der Waals surface area (Å²) in [7, 11) is -3.45. The van der Waals surface area contributed by atoms with Gasteiger partial charge in [-0.05, 0) is 36.9 Å². The average molecular weight is 595 g/mol. The number of ether oxygens (including phenoxy) is 1. The van der Waals surface area contributed by atoms with Crippen molar-refractivity contribution >= 4 is 21.7 Å². The summed E-state index contributed by atoms with van der Waals surface area (Å²) < 4.78 is 78.3. The van der Waals surface area contributed by atoms with Gasteiger partial charge in [-0.25, -0.2) is 18.4 Å². The average Bonchev–Trinajstić information content (AvgIpc) is 3.37. The van der Waals surface area contributed by atoms with Crippen LogP contribution in [0.15, 0.2) is 40.9 Å². The fraction of sp³-hybridized carbons (Fsp3) is 0.481. The van der Waals surface area contributed by atoms with Crippen LogP contribution < -0.4 is 10.1 Å². The number of halogens is 3. The molecule has 0 atom stereocenters. The molecule has 0 unspecified atom stereocenters. The minimum absolute atomic E-state index is 0.0269. The van der Waals surface area contributed by atoms with Crippen LogP contribution in [0.1, 0.15) is 23.8 Å². The van der Waals surface area contributed by atoms with E-state index in [2.05, 4.69) is 32.0 Å². The van der Waals surface area contributed by atoms with Crippen LogP contribution in [0.3, 0.4) is 0 Å². The van der Waals surface area contributed by atoms with Gasteiger partial charge in [0, 0.05) is 69.7 Å². The van der Waals surface area contributed by atoms with Gasteiger partial charge in [-0.3, -0.25) is 4.90 Å². The van der Waals surface area contributed by atoms with Gasteiger partial charge in [0.2, 0.25) is 16.0 Å². The molecule has 0 spiro atoms. The summed E-state index contributed by atoms with van der Waals surface area (Å²) >= 11 is 0. The summed E-state index contributed by atoms with van der Waals surface area (Å²) in [6, 6.07) is 8.44. The number of benzene rings is 1. The lowest BCUT2D eigenvalue weighted by molar-refractivity contribution is -0.137. The van der Waals surface area contributed by atoms with E-state index in [4.69, 9.17) is 9.15 Å². The Bertz CT molecular complexity index is 1450. The van der Waals surface area contributed by atoms with Crippen molar-refractivity contribution in [1.82, 2.24) is 24.1 Å². The van der Waals surface area contributed by atoms with E-state index in [1.54, 1.807) is 24.3 Å². The SMILES string of the molecule is CCN1CCN(CCOc2ccc(Nc3ncc(C(F)(F)F)c(-c4cc5c(o4)CCN(S(C)(=O)=O)C5)n3)cc2)CC1. The molecule has 1 aromatic carbocycles. The molecule has 0 aliphatic carbocycles. The number of anilines is 2. The topological polar surface area (TPSA) is 104 Å².